The Morgan fingerprint density at radius 2 is 0.821 bits per heavy atom. The van der Waals surface area contributed by atoms with Crippen LogP contribution >= 0.6 is 0 Å². The molecule has 0 N–H and O–H groups in total. The fraction of sp³-hybridized carbons (Fsp3) is 0.108. The van der Waals surface area contributed by atoms with Crippen LogP contribution in [0.15, 0.2) is 237 Å². The lowest BCUT2D eigenvalue weighted by Crippen LogP contribution is -2.16. The van der Waals surface area contributed by atoms with E-state index in [2.05, 4.69) is 274 Å². The summed E-state index contributed by atoms with van der Waals surface area (Å²) in [5.41, 5.74) is 23.0. The monoisotopic (exact) mass is 1000 g/mol. The number of nitrogens with zero attached hydrogens (tertiary/aromatic N) is 2. The summed E-state index contributed by atoms with van der Waals surface area (Å²) in [6.45, 7) is 9.56. The number of para-hydroxylation sites is 8. The molecule has 3 aliphatic carbocycles. The van der Waals surface area contributed by atoms with Gasteiger partial charge < -0.3 is 19.3 Å². The highest BCUT2D eigenvalue weighted by Crippen LogP contribution is 2.58. The minimum Gasteiger partial charge on any atom is -0.453 e. The van der Waals surface area contributed by atoms with Crippen LogP contribution in [0.3, 0.4) is 0 Å². The van der Waals surface area contributed by atoms with Gasteiger partial charge in [0.2, 0.25) is 0 Å². The van der Waals surface area contributed by atoms with Crippen molar-refractivity contribution in [1.29, 1.82) is 0 Å². The number of hydrogen-bond donors (Lipinski definition) is 0. The Bertz CT molecular complexity index is 4370. The number of ether oxygens (including phenoxy) is 2. The van der Waals surface area contributed by atoms with Crippen LogP contribution in [0.2, 0.25) is 0 Å². The van der Waals surface area contributed by atoms with Crippen molar-refractivity contribution in [2.75, 3.05) is 9.80 Å². The normalized spacial score (nSPS) is 16.4. The Morgan fingerprint density at radius 1 is 0.385 bits per heavy atom. The van der Waals surface area contributed by atoms with Gasteiger partial charge in [0.15, 0.2) is 23.0 Å². The molecule has 0 fully saturated rings. The molecule has 16 rings (SSSR count). The first-order chi connectivity index (χ1) is 38.2. The first-order valence-corrected chi connectivity index (χ1v) is 27.4. The molecule has 11 aromatic rings. The Hall–Kier alpha value is -9.38. The van der Waals surface area contributed by atoms with Gasteiger partial charge in [0.25, 0.3) is 0 Å². The van der Waals surface area contributed by atoms with Gasteiger partial charge in [-0.3, -0.25) is 0 Å². The minimum atomic E-state index is -0.192. The quantitative estimate of drug-likeness (QED) is 0.160. The predicted molar refractivity (Wildman–Crippen MR) is 322 cm³/mol. The number of hydrogen-bond acceptors (Lipinski definition) is 4. The van der Waals surface area contributed by atoms with Crippen LogP contribution < -0.4 is 19.3 Å². The van der Waals surface area contributed by atoms with E-state index in [4.69, 9.17) is 9.47 Å². The maximum absolute atomic E-state index is 6.61. The lowest BCUT2D eigenvalue weighted by Gasteiger charge is -2.34. The zero-order valence-corrected chi connectivity index (χ0v) is 44.0. The van der Waals surface area contributed by atoms with Crippen LogP contribution in [0.1, 0.15) is 73.4 Å². The number of rotatable bonds is 5. The van der Waals surface area contributed by atoms with Crippen molar-refractivity contribution in [2.45, 2.75) is 50.9 Å². The van der Waals surface area contributed by atoms with Crippen LogP contribution in [0, 0.1) is 0 Å². The molecular weight excluding hydrogens is 949 g/mol. The molecule has 0 radical (unpaired) electrons. The van der Waals surface area contributed by atoms with Crippen molar-refractivity contribution >= 4 is 61.2 Å². The Morgan fingerprint density at radius 3 is 1.36 bits per heavy atom. The standard InChI is InChI=1S/C74H54N2O2/c1-73(2)59-23-9-7-20-50(59)52-37-33-45(41-61(52)73)49-19-5-6-22-54(49)72-56-40-36-47(75-63-25-11-15-29-67(63)77-68-30-16-12-26-64(68)75)43-57(56)71(46-34-38-53-51-21-8-10-24-60(51)74(3,4)62(53)42-46)55-39-35-48(44-58(55)72)76-65-27-13-17-31-69(65)78-70-32-18-14-28-66(70)76/h5-18,20-44,49H,19H2,1-4H3. The Balaban J connectivity index is 0.999. The molecule has 5 aliphatic rings. The molecule has 11 aromatic carbocycles. The highest BCUT2D eigenvalue weighted by molar-refractivity contribution is 6.21. The highest BCUT2D eigenvalue weighted by Gasteiger charge is 2.39. The van der Waals surface area contributed by atoms with Crippen LogP contribution in [0.5, 0.6) is 23.0 Å². The van der Waals surface area contributed by atoms with E-state index >= 15 is 0 Å². The summed E-state index contributed by atoms with van der Waals surface area (Å²) in [5.74, 6) is 3.41. The second kappa shape index (κ2) is 16.6. The van der Waals surface area contributed by atoms with Gasteiger partial charge in [-0.15, -0.1) is 0 Å². The van der Waals surface area contributed by atoms with Crippen molar-refractivity contribution < 1.29 is 9.47 Å². The minimum absolute atomic E-state index is 0.0857. The first kappa shape index (κ1) is 44.9. The molecule has 4 nitrogen and oxygen atoms in total. The summed E-state index contributed by atoms with van der Waals surface area (Å²) < 4.78 is 13.2. The molecule has 372 valence electrons. The van der Waals surface area contributed by atoms with E-state index in [-0.39, 0.29) is 16.7 Å². The van der Waals surface area contributed by atoms with Gasteiger partial charge >= 0.3 is 0 Å². The summed E-state index contributed by atoms with van der Waals surface area (Å²) in [5, 5.41) is 4.80. The molecule has 0 amide bonds. The van der Waals surface area contributed by atoms with E-state index < -0.39 is 0 Å². The van der Waals surface area contributed by atoms with Gasteiger partial charge in [-0.2, -0.15) is 0 Å². The highest BCUT2D eigenvalue weighted by atomic mass is 16.5. The zero-order valence-electron chi connectivity index (χ0n) is 44.0. The predicted octanol–water partition coefficient (Wildman–Crippen LogP) is 20.6. The van der Waals surface area contributed by atoms with E-state index in [0.29, 0.717) is 0 Å². The fourth-order valence-electron chi connectivity index (χ4n) is 14.1. The number of allylic oxidation sites excluding steroid dienone is 4. The van der Waals surface area contributed by atoms with Crippen molar-refractivity contribution in [2.24, 2.45) is 0 Å². The maximum atomic E-state index is 6.61. The zero-order chi connectivity index (χ0) is 52.0. The smallest absolute Gasteiger partial charge is 0.151 e. The summed E-state index contributed by atoms with van der Waals surface area (Å²) in [7, 11) is 0. The molecule has 0 spiro atoms. The van der Waals surface area contributed by atoms with E-state index in [1.54, 1.807) is 0 Å². The fourth-order valence-corrected chi connectivity index (χ4v) is 14.1. The van der Waals surface area contributed by atoms with Gasteiger partial charge in [-0.05, 0) is 179 Å². The lowest BCUT2D eigenvalue weighted by atomic mass is 9.75. The SMILES string of the molecule is CC1(C)c2ccccc2-c2ccc(-c3c4ccc(N5c6ccccc6Oc6ccccc65)cc4c(C4=CC=CCC4c4ccc5c(c4)C(C)(C)c4ccccc4-5)c4ccc(N5c6ccccc6Oc6ccccc65)cc34)cc21. The third-order valence-corrected chi connectivity index (χ3v) is 17.8. The van der Waals surface area contributed by atoms with Gasteiger partial charge in [0, 0.05) is 28.1 Å². The molecule has 2 heterocycles. The third-order valence-electron chi connectivity index (χ3n) is 17.8. The van der Waals surface area contributed by atoms with E-state index in [1.807, 2.05) is 0 Å². The number of benzene rings is 11. The largest absolute Gasteiger partial charge is 0.453 e. The number of anilines is 6. The maximum Gasteiger partial charge on any atom is 0.151 e. The number of fused-ring (bicyclic) bond motifs is 12. The van der Waals surface area contributed by atoms with Gasteiger partial charge in [-0.25, -0.2) is 0 Å². The Kier molecular flexibility index (Phi) is 9.53. The van der Waals surface area contributed by atoms with Crippen LogP contribution in [0.25, 0.3) is 60.5 Å². The van der Waals surface area contributed by atoms with E-state index in [9.17, 15) is 0 Å². The van der Waals surface area contributed by atoms with Crippen LogP contribution in [-0.4, -0.2) is 0 Å². The molecule has 0 saturated heterocycles. The van der Waals surface area contributed by atoms with Gasteiger partial charge in [0.1, 0.15) is 0 Å². The Labute approximate surface area is 455 Å². The van der Waals surface area contributed by atoms with Gasteiger partial charge in [-0.1, -0.05) is 185 Å². The van der Waals surface area contributed by atoms with Crippen molar-refractivity contribution in [1.82, 2.24) is 0 Å². The van der Waals surface area contributed by atoms with Gasteiger partial charge in [0.05, 0.1) is 22.7 Å². The van der Waals surface area contributed by atoms with Crippen molar-refractivity contribution in [3.8, 4) is 56.4 Å². The summed E-state index contributed by atoms with van der Waals surface area (Å²) in [6.07, 6.45) is 7.95. The van der Waals surface area contributed by atoms with E-state index in [1.165, 1.54) is 93.9 Å². The average Bonchev–Trinajstić information content (AvgIpc) is 3.89. The summed E-state index contributed by atoms with van der Waals surface area (Å²) in [6, 6.07) is 80.7. The summed E-state index contributed by atoms with van der Waals surface area (Å²) in [4.78, 5) is 4.77. The molecule has 1 atom stereocenters. The second-order valence-electron chi connectivity index (χ2n) is 22.7. The molecule has 2 aliphatic heterocycles. The van der Waals surface area contributed by atoms with Crippen molar-refractivity contribution in [3.05, 3.63) is 270 Å². The molecule has 1 unspecified atom stereocenters. The molecule has 78 heavy (non-hydrogen) atoms. The van der Waals surface area contributed by atoms with Crippen LogP contribution in [0.4, 0.5) is 34.1 Å². The molecular formula is C74H54N2O2. The average molecular weight is 1000 g/mol. The molecule has 0 bridgehead atoms. The van der Waals surface area contributed by atoms with E-state index in [0.717, 1.165) is 63.5 Å². The molecule has 4 heteroatoms. The second-order valence-corrected chi connectivity index (χ2v) is 22.7. The van der Waals surface area contributed by atoms with Crippen LogP contribution in [-0.2, 0) is 10.8 Å². The molecule has 0 saturated carbocycles. The topological polar surface area (TPSA) is 24.9 Å². The molecule has 0 aromatic heterocycles. The third kappa shape index (κ3) is 6.41. The first-order valence-electron chi connectivity index (χ1n) is 27.4. The lowest BCUT2D eigenvalue weighted by molar-refractivity contribution is 0.477. The van der Waals surface area contributed by atoms with Crippen molar-refractivity contribution in [3.63, 3.8) is 0 Å². The summed E-state index contributed by atoms with van der Waals surface area (Å²) >= 11 is 0.